The van der Waals surface area contributed by atoms with Gasteiger partial charge in [-0.05, 0) is 43.0 Å². The summed E-state index contributed by atoms with van der Waals surface area (Å²) in [5.41, 5.74) is 4.54. The summed E-state index contributed by atoms with van der Waals surface area (Å²) in [5.74, 6) is -0.0491. The van der Waals surface area contributed by atoms with Crippen molar-refractivity contribution in [1.29, 1.82) is 0 Å². The monoisotopic (exact) mass is 459 g/mol. The lowest BCUT2D eigenvalue weighted by molar-refractivity contribution is 0.0299. The van der Waals surface area contributed by atoms with E-state index >= 15 is 0 Å². The summed E-state index contributed by atoms with van der Waals surface area (Å²) >= 11 is 0. The second kappa shape index (κ2) is 9.77. The van der Waals surface area contributed by atoms with Crippen LogP contribution in [0.5, 0.6) is 0 Å². The maximum Gasteiger partial charge on any atom is 0.276 e. The van der Waals surface area contributed by atoms with Gasteiger partial charge >= 0.3 is 0 Å². The lowest BCUT2D eigenvalue weighted by Crippen LogP contribution is -2.40. The number of piperidine rings is 1. The molecule has 2 amide bonds. The van der Waals surface area contributed by atoms with E-state index < -0.39 is 0 Å². The van der Waals surface area contributed by atoms with Gasteiger partial charge in [0.15, 0.2) is 5.69 Å². The van der Waals surface area contributed by atoms with Crippen LogP contribution < -0.4 is 0 Å². The first kappa shape index (κ1) is 22.3. The van der Waals surface area contributed by atoms with E-state index in [0.29, 0.717) is 50.7 Å². The smallest absolute Gasteiger partial charge is 0.276 e. The van der Waals surface area contributed by atoms with Crippen molar-refractivity contribution in [2.75, 3.05) is 39.4 Å². The van der Waals surface area contributed by atoms with Crippen molar-refractivity contribution in [1.82, 2.24) is 24.8 Å². The molecule has 0 spiro atoms. The maximum atomic E-state index is 13.0. The van der Waals surface area contributed by atoms with Gasteiger partial charge < -0.3 is 14.5 Å². The number of likely N-dealkylation sites (tertiary alicyclic amines) is 1. The molecule has 3 aromatic rings. The number of amides is 2. The Morgan fingerprint density at radius 3 is 2.06 bits per heavy atom. The van der Waals surface area contributed by atoms with Crippen molar-refractivity contribution >= 4 is 11.8 Å². The summed E-state index contributed by atoms with van der Waals surface area (Å²) in [6, 6.07) is 16.3. The van der Waals surface area contributed by atoms with Crippen LogP contribution in [0.15, 0.2) is 54.7 Å². The Morgan fingerprint density at radius 1 is 0.824 bits per heavy atom. The number of hydrogen-bond donors (Lipinski definition) is 0. The minimum Gasteiger partial charge on any atom is -0.378 e. The van der Waals surface area contributed by atoms with Crippen LogP contribution in [0.1, 0.15) is 45.3 Å². The quantitative estimate of drug-likeness (QED) is 0.599. The average Bonchev–Trinajstić information content (AvgIpc) is 3.39. The van der Waals surface area contributed by atoms with Crippen molar-refractivity contribution in [2.45, 2.75) is 25.8 Å². The zero-order valence-electron chi connectivity index (χ0n) is 19.4. The lowest BCUT2D eigenvalue weighted by Gasteiger charge is -2.32. The van der Waals surface area contributed by atoms with Crippen LogP contribution in [0.4, 0.5) is 0 Å². The maximum absolute atomic E-state index is 13.0. The molecule has 34 heavy (non-hydrogen) atoms. The van der Waals surface area contributed by atoms with E-state index in [-0.39, 0.29) is 17.9 Å². The van der Waals surface area contributed by atoms with E-state index in [1.54, 1.807) is 15.8 Å². The molecule has 2 aromatic carbocycles. The molecular formula is C26H29N5O3. The van der Waals surface area contributed by atoms with Gasteiger partial charge in [-0.15, -0.1) is 5.10 Å². The van der Waals surface area contributed by atoms with Gasteiger partial charge in [0.25, 0.3) is 11.8 Å². The number of aryl methyl sites for hydroxylation is 1. The number of ether oxygens (including phenoxy) is 1. The average molecular weight is 460 g/mol. The predicted molar refractivity (Wildman–Crippen MR) is 128 cm³/mol. The fourth-order valence-electron chi connectivity index (χ4n) is 4.55. The zero-order valence-corrected chi connectivity index (χ0v) is 19.4. The molecule has 2 saturated heterocycles. The standard InChI is InChI=1S/C26H29N5O3/c1-19-2-4-20(5-3-19)21-6-8-22(9-7-21)25(32)29-12-10-23(11-13-29)31-18-24(27-28-31)26(33)30-14-16-34-17-15-30/h2-9,18,23H,10-17H2,1H3. The fraction of sp³-hybridized carbons (Fsp3) is 0.385. The van der Waals surface area contributed by atoms with E-state index in [9.17, 15) is 9.59 Å². The molecule has 5 rings (SSSR count). The number of aromatic nitrogens is 3. The molecule has 2 fully saturated rings. The van der Waals surface area contributed by atoms with Gasteiger partial charge in [0.1, 0.15) is 0 Å². The Labute approximate surface area is 199 Å². The summed E-state index contributed by atoms with van der Waals surface area (Å²) in [7, 11) is 0. The van der Waals surface area contributed by atoms with Crippen molar-refractivity contribution in [3.63, 3.8) is 0 Å². The van der Waals surface area contributed by atoms with Gasteiger partial charge in [-0.2, -0.15) is 0 Å². The first-order valence-electron chi connectivity index (χ1n) is 11.8. The molecule has 0 saturated carbocycles. The predicted octanol–water partition coefficient (Wildman–Crippen LogP) is 3.20. The van der Waals surface area contributed by atoms with Crippen LogP contribution in [-0.4, -0.2) is 76.0 Å². The topological polar surface area (TPSA) is 80.6 Å². The number of morpholine rings is 1. The molecule has 3 heterocycles. The van der Waals surface area contributed by atoms with E-state index in [0.717, 1.165) is 24.0 Å². The molecule has 8 heteroatoms. The number of nitrogens with zero attached hydrogens (tertiary/aromatic N) is 5. The highest BCUT2D eigenvalue weighted by Gasteiger charge is 2.27. The molecular weight excluding hydrogens is 430 g/mol. The van der Waals surface area contributed by atoms with Crippen LogP contribution in [0, 0.1) is 6.92 Å². The van der Waals surface area contributed by atoms with Gasteiger partial charge in [0, 0.05) is 31.7 Å². The van der Waals surface area contributed by atoms with E-state index in [1.165, 1.54) is 5.56 Å². The largest absolute Gasteiger partial charge is 0.378 e. The van der Waals surface area contributed by atoms with E-state index in [2.05, 4.69) is 41.5 Å². The summed E-state index contributed by atoms with van der Waals surface area (Å²) < 4.78 is 7.09. The third-order valence-electron chi connectivity index (χ3n) is 6.67. The first-order valence-corrected chi connectivity index (χ1v) is 11.8. The Hall–Kier alpha value is -3.52. The molecule has 0 radical (unpaired) electrons. The summed E-state index contributed by atoms with van der Waals surface area (Å²) in [5, 5.41) is 8.32. The highest BCUT2D eigenvalue weighted by atomic mass is 16.5. The van der Waals surface area contributed by atoms with Crippen molar-refractivity contribution < 1.29 is 14.3 Å². The summed E-state index contributed by atoms with van der Waals surface area (Å²) in [6.07, 6.45) is 3.30. The number of rotatable bonds is 4. The second-order valence-electron chi connectivity index (χ2n) is 8.96. The Kier molecular flexibility index (Phi) is 6.40. The minimum absolute atomic E-state index is 0.0516. The molecule has 8 nitrogen and oxygen atoms in total. The molecule has 0 aliphatic carbocycles. The van der Waals surface area contributed by atoms with Gasteiger partial charge in [-0.3, -0.25) is 9.59 Å². The van der Waals surface area contributed by atoms with Gasteiger partial charge in [-0.1, -0.05) is 47.2 Å². The number of benzene rings is 2. The lowest BCUT2D eigenvalue weighted by atomic mass is 10.0. The molecule has 0 bridgehead atoms. The number of carbonyl (C=O) groups excluding carboxylic acids is 2. The Bertz CT molecular complexity index is 1140. The molecule has 0 atom stereocenters. The third-order valence-corrected chi connectivity index (χ3v) is 6.67. The van der Waals surface area contributed by atoms with E-state index in [4.69, 9.17) is 4.74 Å². The van der Waals surface area contributed by atoms with Crippen molar-refractivity contribution in [2.24, 2.45) is 0 Å². The highest BCUT2D eigenvalue weighted by Crippen LogP contribution is 2.25. The molecule has 2 aliphatic rings. The zero-order chi connectivity index (χ0) is 23.5. The van der Waals surface area contributed by atoms with Crippen LogP contribution in [0.25, 0.3) is 11.1 Å². The fourth-order valence-corrected chi connectivity index (χ4v) is 4.55. The Balaban J connectivity index is 1.17. The molecule has 0 unspecified atom stereocenters. The molecule has 1 aromatic heterocycles. The first-order chi connectivity index (χ1) is 16.6. The number of carbonyl (C=O) groups is 2. The Morgan fingerprint density at radius 2 is 1.41 bits per heavy atom. The third kappa shape index (κ3) is 4.72. The van der Waals surface area contributed by atoms with Crippen LogP contribution in [-0.2, 0) is 4.74 Å². The van der Waals surface area contributed by atoms with Crippen LogP contribution in [0.2, 0.25) is 0 Å². The summed E-state index contributed by atoms with van der Waals surface area (Å²) in [6.45, 7) is 5.64. The highest BCUT2D eigenvalue weighted by molar-refractivity contribution is 5.95. The molecule has 0 N–H and O–H groups in total. The van der Waals surface area contributed by atoms with Gasteiger partial charge in [0.05, 0.1) is 25.5 Å². The van der Waals surface area contributed by atoms with Crippen LogP contribution >= 0.6 is 0 Å². The van der Waals surface area contributed by atoms with Crippen LogP contribution in [0.3, 0.4) is 0 Å². The minimum atomic E-state index is -0.101. The summed E-state index contributed by atoms with van der Waals surface area (Å²) in [4.78, 5) is 29.3. The number of hydrogen-bond acceptors (Lipinski definition) is 5. The van der Waals surface area contributed by atoms with Gasteiger partial charge in [-0.25, -0.2) is 4.68 Å². The van der Waals surface area contributed by atoms with Gasteiger partial charge in [0.2, 0.25) is 0 Å². The SMILES string of the molecule is Cc1ccc(-c2ccc(C(=O)N3CCC(n4cc(C(=O)N5CCOCC5)nn4)CC3)cc2)cc1. The molecule has 2 aliphatic heterocycles. The van der Waals surface area contributed by atoms with Crippen molar-refractivity contribution in [3.8, 4) is 11.1 Å². The molecule has 176 valence electrons. The normalized spacial score (nSPS) is 17.1. The van der Waals surface area contributed by atoms with E-state index in [1.807, 2.05) is 29.2 Å². The van der Waals surface area contributed by atoms with Crippen molar-refractivity contribution in [3.05, 3.63) is 71.5 Å². The second-order valence-corrected chi connectivity index (χ2v) is 8.96.